The Morgan fingerprint density at radius 2 is 2.00 bits per heavy atom. The Balaban J connectivity index is 1.77. The van der Waals surface area contributed by atoms with Crippen LogP contribution in [0.2, 0.25) is 0 Å². The largest absolute Gasteiger partial charge is 0.383 e. The van der Waals surface area contributed by atoms with Crippen LogP contribution in [-0.2, 0) is 9.53 Å². The van der Waals surface area contributed by atoms with Crippen molar-refractivity contribution in [3.05, 3.63) is 0 Å². The fourth-order valence-electron chi connectivity index (χ4n) is 3.61. The molecule has 5 nitrogen and oxygen atoms in total. The van der Waals surface area contributed by atoms with Gasteiger partial charge in [-0.15, -0.1) is 0 Å². The molecule has 0 aliphatic carbocycles. The highest BCUT2D eigenvalue weighted by atomic mass is 16.5. The molecule has 2 fully saturated rings. The number of hydrogen-bond donors (Lipinski definition) is 2. The Hall–Kier alpha value is -0.650. The lowest BCUT2D eigenvalue weighted by molar-refractivity contribution is -0.123. The molecule has 2 rings (SSSR count). The van der Waals surface area contributed by atoms with E-state index in [2.05, 4.69) is 22.6 Å². The van der Waals surface area contributed by atoms with Crippen LogP contribution >= 0.6 is 0 Å². The van der Waals surface area contributed by atoms with E-state index in [-0.39, 0.29) is 11.9 Å². The van der Waals surface area contributed by atoms with Gasteiger partial charge in [-0.3, -0.25) is 4.79 Å². The molecular formula is C15H29N3O2. The highest BCUT2D eigenvalue weighted by Crippen LogP contribution is 2.32. The van der Waals surface area contributed by atoms with E-state index in [0.29, 0.717) is 31.3 Å². The molecule has 1 amide bonds. The van der Waals surface area contributed by atoms with Gasteiger partial charge in [0.2, 0.25) is 5.91 Å². The number of nitrogens with one attached hydrogen (secondary N) is 2. The van der Waals surface area contributed by atoms with Gasteiger partial charge < -0.3 is 20.3 Å². The summed E-state index contributed by atoms with van der Waals surface area (Å²) in [4.78, 5) is 14.5. The number of rotatable bonds is 6. The highest BCUT2D eigenvalue weighted by Gasteiger charge is 2.36. The van der Waals surface area contributed by atoms with Crippen molar-refractivity contribution in [1.29, 1.82) is 0 Å². The van der Waals surface area contributed by atoms with E-state index in [9.17, 15) is 4.79 Å². The molecule has 0 saturated carbocycles. The van der Waals surface area contributed by atoms with Gasteiger partial charge in [-0.2, -0.15) is 0 Å². The third-order valence-corrected chi connectivity index (χ3v) is 4.82. The summed E-state index contributed by atoms with van der Waals surface area (Å²) in [6.07, 6.45) is 6.31. The first kappa shape index (κ1) is 15.7. The Kier molecular flexibility index (Phi) is 5.81. The molecule has 0 radical (unpaired) electrons. The first-order chi connectivity index (χ1) is 9.61. The second-order valence-electron chi connectivity index (χ2n) is 6.24. The fourth-order valence-corrected chi connectivity index (χ4v) is 3.61. The Bertz CT molecular complexity index is 310. The van der Waals surface area contributed by atoms with Crippen molar-refractivity contribution >= 4 is 5.91 Å². The van der Waals surface area contributed by atoms with E-state index in [0.717, 1.165) is 0 Å². The second-order valence-corrected chi connectivity index (χ2v) is 6.24. The first-order valence-corrected chi connectivity index (χ1v) is 7.86. The molecule has 3 atom stereocenters. The summed E-state index contributed by atoms with van der Waals surface area (Å²) >= 11 is 0. The molecule has 2 heterocycles. The zero-order valence-electron chi connectivity index (χ0n) is 13.0. The first-order valence-electron chi connectivity index (χ1n) is 7.86. The van der Waals surface area contributed by atoms with Crippen LogP contribution < -0.4 is 10.6 Å². The van der Waals surface area contributed by atoms with Gasteiger partial charge >= 0.3 is 0 Å². The van der Waals surface area contributed by atoms with Crippen molar-refractivity contribution in [2.24, 2.45) is 0 Å². The lowest BCUT2D eigenvalue weighted by Crippen LogP contribution is -2.57. The topological polar surface area (TPSA) is 53.6 Å². The van der Waals surface area contributed by atoms with Crippen molar-refractivity contribution in [3.63, 3.8) is 0 Å². The van der Waals surface area contributed by atoms with Crippen molar-refractivity contribution < 1.29 is 9.53 Å². The van der Waals surface area contributed by atoms with Crippen molar-refractivity contribution in [2.75, 3.05) is 27.3 Å². The zero-order chi connectivity index (χ0) is 14.5. The van der Waals surface area contributed by atoms with E-state index >= 15 is 0 Å². The van der Waals surface area contributed by atoms with Crippen LogP contribution in [-0.4, -0.2) is 62.3 Å². The third-order valence-electron chi connectivity index (χ3n) is 4.82. The van der Waals surface area contributed by atoms with Crippen LogP contribution in [0.15, 0.2) is 0 Å². The Morgan fingerprint density at radius 3 is 2.60 bits per heavy atom. The zero-order valence-corrected chi connectivity index (χ0v) is 13.0. The van der Waals surface area contributed by atoms with Crippen molar-refractivity contribution in [2.45, 2.75) is 63.2 Å². The number of piperidine rings is 2. The summed E-state index contributed by atoms with van der Waals surface area (Å²) in [6, 6.07) is 1.75. The quantitative estimate of drug-likeness (QED) is 0.706. The van der Waals surface area contributed by atoms with E-state index in [1.54, 1.807) is 7.11 Å². The fraction of sp³-hybridized carbons (Fsp3) is 0.933. The number of nitrogens with zero attached hydrogens (tertiary/aromatic N) is 1. The molecule has 0 aromatic rings. The Morgan fingerprint density at radius 1 is 1.35 bits per heavy atom. The number of carbonyl (C=O) groups excluding carboxylic acids is 1. The monoisotopic (exact) mass is 283 g/mol. The number of fused-ring (bicyclic) bond motifs is 2. The van der Waals surface area contributed by atoms with E-state index in [4.69, 9.17) is 4.74 Å². The summed E-state index contributed by atoms with van der Waals surface area (Å²) in [5, 5.41) is 6.41. The maximum absolute atomic E-state index is 12.0. The van der Waals surface area contributed by atoms with E-state index < -0.39 is 0 Å². The number of methoxy groups -OCH3 is 1. The number of hydrogen-bond acceptors (Lipinski definition) is 4. The molecule has 2 saturated heterocycles. The minimum Gasteiger partial charge on any atom is -0.383 e. The lowest BCUT2D eigenvalue weighted by atomic mass is 9.82. The summed E-state index contributed by atoms with van der Waals surface area (Å²) < 4.78 is 4.94. The molecule has 20 heavy (non-hydrogen) atoms. The van der Waals surface area contributed by atoms with Crippen molar-refractivity contribution in [1.82, 2.24) is 15.5 Å². The molecule has 2 bridgehead atoms. The van der Waals surface area contributed by atoms with E-state index in [1.165, 1.54) is 32.1 Å². The molecule has 2 aliphatic heterocycles. The number of ether oxygens (including phenoxy) is 1. The predicted molar refractivity (Wildman–Crippen MR) is 79.7 cm³/mol. The molecular weight excluding hydrogens is 254 g/mol. The van der Waals surface area contributed by atoms with Gasteiger partial charge in [0.25, 0.3) is 0 Å². The van der Waals surface area contributed by atoms with Gasteiger partial charge in [0, 0.05) is 31.8 Å². The SMILES string of the molecule is COCCNC(=O)C(C)NC1CC2CCCC(C1)N2C. The summed E-state index contributed by atoms with van der Waals surface area (Å²) in [5.41, 5.74) is 0. The molecule has 116 valence electrons. The highest BCUT2D eigenvalue weighted by molar-refractivity contribution is 5.81. The minimum atomic E-state index is -0.124. The molecule has 0 spiro atoms. The van der Waals surface area contributed by atoms with Gasteiger partial charge in [-0.25, -0.2) is 0 Å². The molecule has 0 aromatic heterocycles. The smallest absolute Gasteiger partial charge is 0.236 e. The summed E-state index contributed by atoms with van der Waals surface area (Å²) in [7, 11) is 3.90. The summed E-state index contributed by atoms with van der Waals surface area (Å²) in [6.45, 7) is 3.10. The Labute approximate surface area is 122 Å². The van der Waals surface area contributed by atoms with Crippen LogP contribution in [0.5, 0.6) is 0 Å². The molecule has 5 heteroatoms. The number of carbonyl (C=O) groups is 1. The van der Waals surface area contributed by atoms with Gasteiger partial charge in [0.05, 0.1) is 12.6 Å². The minimum absolute atomic E-state index is 0.0751. The van der Waals surface area contributed by atoms with E-state index in [1.807, 2.05) is 6.92 Å². The molecule has 2 aliphatic rings. The normalized spacial score (nSPS) is 31.9. The number of amides is 1. The second kappa shape index (κ2) is 7.38. The van der Waals surface area contributed by atoms with Gasteiger partial charge in [-0.05, 0) is 39.7 Å². The maximum atomic E-state index is 12.0. The van der Waals surface area contributed by atoms with Crippen LogP contribution in [0.25, 0.3) is 0 Å². The van der Waals surface area contributed by atoms with Crippen LogP contribution in [0.3, 0.4) is 0 Å². The standard InChI is InChI=1S/C15H29N3O2/c1-11(15(19)16-7-8-20-3)17-12-9-13-5-4-6-14(10-12)18(13)2/h11-14,17H,4-10H2,1-3H3,(H,16,19). The van der Waals surface area contributed by atoms with Crippen LogP contribution in [0, 0.1) is 0 Å². The van der Waals surface area contributed by atoms with Gasteiger partial charge in [0.1, 0.15) is 0 Å². The van der Waals surface area contributed by atoms with Crippen LogP contribution in [0.4, 0.5) is 0 Å². The van der Waals surface area contributed by atoms with Gasteiger partial charge in [-0.1, -0.05) is 6.42 Å². The average molecular weight is 283 g/mol. The lowest BCUT2D eigenvalue weighted by Gasteiger charge is -2.47. The maximum Gasteiger partial charge on any atom is 0.236 e. The molecule has 3 unspecified atom stereocenters. The third kappa shape index (κ3) is 3.93. The summed E-state index contributed by atoms with van der Waals surface area (Å²) in [5.74, 6) is 0.0751. The van der Waals surface area contributed by atoms with Crippen LogP contribution in [0.1, 0.15) is 39.0 Å². The van der Waals surface area contributed by atoms with Crippen molar-refractivity contribution in [3.8, 4) is 0 Å². The molecule has 2 N–H and O–H groups in total. The average Bonchev–Trinajstić information content (AvgIpc) is 2.40. The molecule has 0 aromatic carbocycles. The van der Waals surface area contributed by atoms with Gasteiger partial charge in [0.15, 0.2) is 0 Å². The predicted octanol–water partition coefficient (Wildman–Crippen LogP) is 0.742.